The first kappa shape index (κ1) is 13.9. The molecule has 0 unspecified atom stereocenters. The number of aryl methyl sites for hydroxylation is 2. The molecule has 0 bridgehead atoms. The van der Waals surface area contributed by atoms with Gasteiger partial charge in [-0.25, -0.2) is 14.4 Å². The summed E-state index contributed by atoms with van der Waals surface area (Å²) in [4.78, 5) is 11.2. The molecule has 1 N–H and O–H groups in total. The van der Waals surface area contributed by atoms with Gasteiger partial charge in [-0.3, -0.25) is 0 Å². The maximum Gasteiger partial charge on any atom is 0.142 e. The minimum atomic E-state index is -0.423. The van der Waals surface area contributed by atoms with E-state index in [-0.39, 0.29) is 5.02 Å². The number of hydrogen-bond donors (Lipinski definition) is 1. The van der Waals surface area contributed by atoms with Crippen LogP contribution in [-0.4, -0.2) is 9.97 Å². The predicted octanol–water partition coefficient (Wildman–Crippen LogP) is 5.11. The van der Waals surface area contributed by atoms with E-state index in [2.05, 4.69) is 15.3 Å². The van der Waals surface area contributed by atoms with Crippen LogP contribution in [0.15, 0.2) is 24.5 Å². The van der Waals surface area contributed by atoms with Crippen LogP contribution >= 0.6 is 22.9 Å². The van der Waals surface area contributed by atoms with Crippen LogP contribution in [0.5, 0.6) is 0 Å². The Hall–Kier alpha value is -1.72. The average Bonchev–Trinajstić information content (AvgIpc) is 2.90. The molecule has 22 heavy (non-hydrogen) atoms. The number of fused-ring (bicyclic) bond motifs is 3. The average molecular weight is 334 g/mol. The SMILES string of the molecule is Fc1ccc(Nc2ncnc3sc4c(c23)CCCC4)cc1Cl. The van der Waals surface area contributed by atoms with Gasteiger partial charge < -0.3 is 5.32 Å². The largest absolute Gasteiger partial charge is 0.340 e. The van der Waals surface area contributed by atoms with Gasteiger partial charge in [-0.1, -0.05) is 11.6 Å². The number of rotatable bonds is 2. The molecule has 1 aromatic carbocycles. The Bertz CT molecular complexity index is 862. The Morgan fingerprint density at radius 3 is 2.91 bits per heavy atom. The molecule has 6 heteroatoms. The highest BCUT2D eigenvalue weighted by Gasteiger charge is 2.19. The van der Waals surface area contributed by atoms with Crippen molar-refractivity contribution in [3.8, 4) is 0 Å². The van der Waals surface area contributed by atoms with Gasteiger partial charge in [-0.15, -0.1) is 11.3 Å². The van der Waals surface area contributed by atoms with Crippen molar-refractivity contribution in [2.24, 2.45) is 0 Å². The molecule has 0 atom stereocenters. The lowest BCUT2D eigenvalue weighted by Crippen LogP contribution is -2.01. The molecule has 3 aromatic rings. The Labute approximate surface area is 136 Å². The molecule has 4 rings (SSSR count). The summed E-state index contributed by atoms with van der Waals surface area (Å²) in [6.07, 6.45) is 6.20. The number of nitrogens with zero attached hydrogens (tertiary/aromatic N) is 2. The van der Waals surface area contributed by atoms with E-state index >= 15 is 0 Å². The maximum atomic E-state index is 13.3. The Morgan fingerprint density at radius 1 is 1.18 bits per heavy atom. The molecule has 0 amide bonds. The predicted molar refractivity (Wildman–Crippen MR) is 88.7 cm³/mol. The van der Waals surface area contributed by atoms with E-state index in [0.29, 0.717) is 0 Å². The van der Waals surface area contributed by atoms with E-state index in [9.17, 15) is 4.39 Å². The van der Waals surface area contributed by atoms with Crippen LogP contribution in [0, 0.1) is 5.82 Å². The second kappa shape index (κ2) is 5.48. The Balaban J connectivity index is 1.81. The quantitative estimate of drug-likeness (QED) is 0.708. The highest BCUT2D eigenvalue weighted by Crippen LogP contribution is 2.39. The van der Waals surface area contributed by atoms with Crippen molar-refractivity contribution < 1.29 is 4.39 Å². The van der Waals surface area contributed by atoms with Crippen LogP contribution in [0.25, 0.3) is 10.2 Å². The second-order valence-electron chi connectivity index (χ2n) is 5.37. The van der Waals surface area contributed by atoms with Crippen molar-refractivity contribution in [3.05, 3.63) is 45.8 Å². The third-order valence-corrected chi connectivity index (χ3v) is 5.42. The second-order valence-corrected chi connectivity index (χ2v) is 6.86. The van der Waals surface area contributed by atoms with Gasteiger partial charge in [0.05, 0.1) is 10.4 Å². The van der Waals surface area contributed by atoms with Crippen LogP contribution in [-0.2, 0) is 12.8 Å². The van der Waals surface area contributed by atoms with E-state index < -0.39 is 5.82 Å². The van der Waals surface area contributed by atoms with Crippen LogP contribution in [0.3, 0.4) is 0 Å². The number of anilines is 2. The summed E-state index contributed by atoms with van der Waals surface area (Å²) in [7, 11) is 0. The highest BCUT2D eigenvalue weighted by atomic mass is 35.5. The van der Waals surface area contributed by atoms with E-state index in [1.807, 2.05) is 0 Å². The molecular weight excluding hydrogens is 321 g/mol. The number of hydrogen-bond acceptors (Lipinski definition) is 4. The summed E-state index contributed by atoms with van der Waals surface area (Å²) in [6.45, 7) is 0. The minimum Gasteiger partial charge on any atom is -0.340 e. The lowest BCUT2D eigenvalue weighted by atomic mass is 9.97. The molecule has 2 heterocycles. The molecule has 112 valence electrons. The number of halogens is 2. The number of nitrogens with one attached hydrogen (secondary N) is 1. The lowest BCUT2D eigenvalue weighted by molar-refractivity contribution is 0.628. The van der Waals surface area contributed by atoms with E-state index in [1.54, 1.807) is 29.8 Å². The molecule has 3 nitrogen and oxygen atoms in total. The number of benzene rings is 1. The highest BCUT2D eigenvalue weighted by molar-refractivity contribution is 7.19. The zero-order chi connectivity index (χ0) is 15.1. The van der Waals surface area contributed by atoms with Gasteiger partial charge in [0, 0.05) is 10.6 Å². The normalized spacial score (nSPS) is 14.1. The van der Waals surface area contributed by atoms with Crippen molar-refractivity contribution in [2.45, 2.75) is 25.7 Å². The molecule has 0 radical (unpaired) electrons. The van der Waals surface area contributed by atoms with Crippen LogP contribution < -0.4 is 5.32 Å². The first-order valence-electron chi connectivity index (χ1n) is 7.19. The van der Waals surface area contributed by atoms with Crippen LogP contribution in [0.1, 0.15) is 23.3 Å². The fourth-order valence-electron chi connectivity index (χ4n) is 2.90. The van der Waals surface area contributed by atoms with E-state index in [0.717, 1.165) is 34.6 Å². The van der Waals surface area contributed by atoms with Gasteiger partial charge in [0.1, 0.15) is 22.8 Å². The third kappa shape index (κ3) is 2.34. The lowest BCUT2D eigenvalue weighted by Gasteiger charge is -2.12. The molecule has 0 fully saturated rings. The number of aromatic nitrogens is 2. The van der Waals surface area contributed by atoms with Crippen LogP contribution in [0.4, 0.5) is 15.9 Å². The van der Waals surface area contributed by atoms with Gasteiger partial charge >= 0.3 is 0 Å². The van der Waals surface area contributed by atoms with Crippen LogP contribution in [0.2, 0.25) is 5.02 Å². The van der Waals surface area contributed by atoms with Gasteiger partial charge in [-0.05, 0) is 49.4 Å². The smallest absolute Gasteiger partial charge is 0.142 e. The van der Waals surface area contributed by atoms with Gasteiger partial charge in [0.2, 0.25) is 0 Å². The molecular formula is C16H13ClFN3S. The zero-order valence-corrected chi connectivity index (χ0v) is 13.3. The summed E-state index contributed by atoms with van der Waals surface area (Å²) in [6, 6.07) is 4.59. The summed E-state index contributed by atoms with van der Waals surface area (Å²) >= 11 is 7.60. The van der Waals surface area contributed by atoms with Crippen molar-refractivity contribution in [3.63, 3.8) is 0 Å². The Morgan fingerprint density at radius 2 is 2.05 bits per heavy atom. The van der Waals surface area contributed by atoms with Gasteiger partial charge in [0.15, 0.2) is 0 Å². The third-order valence-electron chi connectivity index (χ3n) is 3.93. The Kier molecular flexibility index (Phi) is 3.47. The van der Waals surface area contributed by atoms with E-state index in [4.69, 9.17) is 11.6 Å². The number of thiophene rings is 1. The fraction of sp³-hybridized carbons (Fsp3) is 0.250. The summed E-state index contributed by atoms with van der Waals surface area (Å²) in [5.41, 5.74) is 2.09. The van der Waals surface area contributed by atoms with Crippen molar-refractivity contribution in [1.82, 2.24) is 9.97 Å². The molecule has 0 saturated carbocycles. The minimum absolute atomic E-state index is 0.0997. The standard InChI is InChI=1S/C16H13ClFN3S/c17-11-7-9(5-6-12(11)18)21-15-14-10-3-1-2-4-13(10)22-16(14)20-8-19-15/h5-8H,1-4H2,(H,19,20,21). The van der Waals surface area contributed by atoms with Gasteiger partial charge in [0.25, 0.3) is 0 Å². The topological polar surface area (TPSA) is 37.8 Å². The molecule has 1 aliphatic rings. The molecule has 1 aliphatic carbocycles. The monoisotopic (exact) mass is 333 g/mol. The molecule has 0 saturated heterocycles. The first-order valence-corrected chi connectivity index (χ1v) is 8.39. The first-order chi connectivity index (χ1) is 10.7. The van der Waals surface area contributed by atoms with Crippen molar-refractivity contribution >= 4 is 44.7 Å². The fourth-order valence-corrected chi connectivity index (χ4v) is 4.31. The molecule has 0 aliphatic heterocycles. The molecule has 0 spiro atoms. The van der Waals surface area contributed by atoms with E-state index in [1.165, 1.54) is 29.3 Å². The molecule has 2 aromatic heterocycles. The van der Waals surface area contributed by atoms with Crippen molar-refractivity contribution in [2.75, 3.05) is 5.32 Å². The van der Waals surface area contributed by atoms with Gasteiger partial charge in [-0.2, -0.15) is 0 Å². The van der Waals surface area contributed by atoms with Crippen molar-refractivity contribution in [1.29, 1.82) is 0 Å². The summed E-state index contributed by atoms with van der Waals surface area (Å²) in [5.74, 6) is 0.347. The summed E-state index contributed by atoms with van der Waals surface area (Å²) < 4.78 is 13.3. The maximum absolute atomic E-state index is 13.3. The summed E-state index contributed by atoms with van der Waals surface area (Å²) in [5, 5.41) is 4.45. The zero-order valence-electron chi connectivity index (χ0n) is 11.7.